The van der Waals surface area contributed by atoms with Gasteiger partial charge in [0.25, 0.3) is 0 Å². The molecule has 0 bridgehead atoms. The summed E-state index contributed by atoms with van der Waals surface area (Å²) in [6.45, 7) is 0.706. The number of nitrogens with two attached hydrogens (primary N) is 1. The summed E-state index contributed by atoms with van der Waals surface area (Å²) in [7, 11) is 3.41. The molecule has 1 rings (SSSR count). The van der Waals surface area contributed by atoms with Crippen LogP contribution in [0.25, 0.3) is 0 Å². The molecule has 8 heteroatoms. The Morgan fingerprint density at radius 2 is 2.22 bits per heavy atom. The van der Waals surface area contributed by atoms with Crippen molar-refractivity contribution in [3.8, 4) is 0 Å². The summed E-state index contributed by atoms with van der Waals surface area (Å²) < 4.78 is 1.57. The molecule has 0 radical (unpaired) electrons. The van der Waals surface area contributed by atoms with E-state index in [0.717, 1.165) is 0 Å². The average molecular weight is 254 g/mol. The van der Waals surface area contributed by atoms with E-state index in [9.17, 15) is 9.59 Å². The van der Waals surface area contributed by atoms with Gasteiger partial charge in [-0.3, -0.25) is 14.3 Å². The number of aromatic nitrogens is 3. The van der Waals surface area contributed by atoms with Crippen LogP contribution in [-0.4, -0.2) is 52.3 Å². The highest BCUT2D eigenvalue weighted by atomic mass is 16.2. The van der Waals surface area contributed by atoms with Gasteiger partial charge in [-0.15, -0.1) is 5.10 Å². The Bertz CT molecular complexity index is 414. The second-order valence-corrected chi connectivity index (χ2v) is 3.99. The summed E-state index contributed by atoms with van der Waals surface area (Å²) in [4.78, 5) is 23.8. The third kappa shape index (κ3) is 4.50. The molecule has 0 unspecified atom stereocenters. The Morgan fingerprint density at radius 1 is 1.50 bits per heavy atom. The predicted molar refractivity (Wildman–Crippen MR) is 64.2 cm³/mol. The Hall–Kier alpha value is -1.96. The zero-order chi connectivity index (χ0) is 13.5. The molecule has 0 saturated heterocycles. The zero-order valence-electron chi connectivity index (χ0n) is 10.6. The van der Waals surface area contributed by atoms with Gasteiger partial charge < -0.3 is 16.0 Å². The predicted octanol–water partition coefficient (Wildman–Crippen LogP) is -1.67. The summed E-state index contributed by atoms with van der Waals surface area (Å²) in [6, 6.07) is 0. The molecular weight excluding hydrogens is 236 g/mol. The third-order valence-electron chi connectivity index (χ3n) is 2.29. The quantitative estimate of drug-likeness (QED) is 0.631. The maximum Gasteiger partial charge on any atom is 0.234 e. The fourth-order valence-electron chi connectivity index (χ4n) is 1.22. The topological polar surface area (TPSA) is 106 Å². The van der Waals surface area contributed by atoms with E-state index in [1.165, 1.54) is 4.90 Å². The second-order valence-electron chi connectivity index (χ2n) is 3.99. The number of hydrogen-bond acceptors (Lipinski definition) is 5. The maximum atomic E-state index is 11.4. The number of carbonyl (C=O) groups excluding carboxylic acids is 2. The Morgan fingerprint density at radius 3 is 2.83 bits per heavy atom. The molecule has 0 spiro atoms. The number of nitrogens with zero attached hydrogens (tertiary/aromatic N) is 4. The minimum absolute atomic E-state index is 0.0310. The van der Waals surface area contributed by atoms with Crippen molar-refractivity contribution < 1.29 is 9.59 Å². The van der Waals surface area contributed by atoms with E-state index in [1.807, 2.05) is 0 Å². The monoisotopic (exact) mass is 254 g/mol. The SMILES string of the molecule is CN(C)C(=O)CCn1cc(CNC(=O)CN)nn1. The molecule has 0 aromatic carbocycles. The maximum absolute atomic E-state index is 11.4. The molecule has 0 atom stereocenters. The van der Waals surface area contributed by atoms with Gasteiger partial charge in [0, 0.05) is 20.5 Å². The lowest BCUT2D eigenvalue weighted by molar-refractivity contribution is -0.129. The van der Waals surface area contributed by atoms with Gasteiger partial charge in [-0.05, 0) is 0 Å². The molecule has 0 aliphatic rings. The number of carbonyl (C=O) groups is 2. The van der Waals surface area contributed by atoms with Crippen LogP contribution >= 0.6 is 0 Å². The van der Waals surface area contributed by atoms with Gasteiger partial charge in [0.2, 0.25) is 11.8 Å². The van der Waals surface area contributed by atoms with Crippen LogP contribution in [0.2, 0.25) is 0 Å². The average Bonchev–Trinajstić information content (AvgIpc) is 2.80. The van der Waals surface area contributed by atoms with Gasteiger partial charge in [-0.1, -0.05) is 5.21 Å². The van der Waals surface area contributed by atoms with Crippen molar-refractivity contribution in [1.82, 2.24) is 25.2 Å². The number of nitrogens with one attached hydrogen (secondary N) is 1. The van der Waals surface area contributed by atoms with Crippen LogP contribution in [0.3, 0.4) is 0 Å². The molecule has 0 saturated carbocycles. The van der Waals surface area contributed by atoms with E-state index in [2.05, 4.69) is 15.6 Å². The molecule has 0 aliphatic carbocycles. The van der Waals surface area contributed by atoms with Gasteiger partial charge in [0.15, 0.2) is 0 Å². The Kier molecular flexibility index (Phi) is 5.25. The molecule has 0 fully saturated rings. The van der Waals surface area contributed by atoms with E-state index in [0.29, 0.717) is 18.7 Å². The van der Waals surface area contributed by atoms with E-state index in [4.69, 9.17) is 5.73 Å². The number of amides is 2. The highest BCUT2D eigenvalue weighted by Gasteiger charge is 2.06. The van der Waals surface area contributed by atoms with Gasteiger partial charge in [0.1, 0.15) is 5.69 Å². The van der Waals surface area contributed by atoms with E-state index in [-0.39, 0.29) is 24.9 Å². The first-order valence-electron chi connectivity index (χ1n) is 5.59. The van der Waals surface area contributed by atoms with Gasteiger partial charge in [-0.2, -0.15) is 0 Å². The van der Waals surface area contributed by atoms with Gasteiger partial charge in [0.05, 0.1) is 25.8 Å². The molecule has 3 N–H and O–H groups in total. The Balaban J connectivity index is 2.39. The summed E-state index contributed by atoms with van der Waals surface area (Å²) in [5.74, 6) is -0.212. The van der Waals surface area contributed by atoms with E-state index >= 15 is 0 Å². The molecule has 18 heavy (non-hydrogen) atoms. The van der Waals surface area contributed by atoms with Crippen molar-refractivity contribution in [2.24, 2.45) is 5.73 Å². The largest absolute Gasteiger partial charge is 0.349 e. The Labute approximate surface area is 105 Å². The van der Waals surface area contributed by atoms with Crippen LogP contribution in [0.1, 0.15) is 12.1 Å². The molecule has 100 valence electrons. The van der Waals surface area contributed by atoms with Crippen LogP contribution < -0.4 is 11.1 Å². The highest BCUT2D eigenvalue weighted by Crippen LogP contribution is 1.96. The summed E-state index contributed by atoms with van der Waals surface area (Å²) in [6.07, 6.45) is 2.06. The summed E-state index contributed by atoms with van der Waals surface area (Å²) in [5.41, 5.74) is 5.79. The van der Waals surface area contributed by atoms with Crippen molar-refractivity contribution in [3.05, 3.63) is 11.9 Å². The lowest BCUT2D eigenvalue weighted by atomic mass is 10.4. The molecule has 8 nitrogen and oxygen atoms in total. The highest BCUT2D eigenvalue weighted by molar-refractivity contribution is 5.77. The van der Waals surface area contributed by atoms with E-state index in [1.54, 1.807) is 25.0 Å². The molecular formula is C10H18N6O2. The number of hydrogen-bond donors (Lipinski definition) is 2. The second kappa shape index (κ2) is 6.70. The number of aryl methyl sites for hydroxylation is 1. The lowest BCUT2D eigenvalue weighted by Gasteiger charge is -2.09. The minimum Gasteiger partial charge on any atom is -0.349 e. The first-order chi connectivity index (χ1) is 8.52. The molecule has 1 heterocycles. The molecule has 2 amide bonds. The fourth-order valence-corrected chi connectivity index (χ4v) is 1.22. The van der Waals surface area contributed by atoms with Crippen LogP contribution in [0.4, 0.5) is 0 Å². The normalized spacial score (nSPS) is 10.2. The van der Waals surface area contributed by atoms with E-state index < -0.39 is 0 Å². The van der Waals surface area contributed by atoms with Crippen molar-refractivity contribution in [1.29, 1.82) is 0 Å². The van der Waals surface area contributed by atoms with Gasteiger partial charge in [-0.25, -0.2) is 0 Å². The van der Waals surface area contributed by atoms with Crippen LogP contribution in [0.5, 0.6) is 0 Å². The standard InChI is InChI=1S/C10H18N6O2/c1-15(2)10(18)3-4-16-7-8(13-14-16)6-12-9(17)5-11/h7H,3-6,11H2,1-2H3,(H,12,17). The summed E-state index contributed by atoms with van der Waals surface area (Å²) >= 11 is 0. The first-order valence-corrected chi connectivity index (χ1v) is 5.59. The van der Waals surface area contributed by atoms with Crippen molar-refractivity contribution in [2.45, 2.75) is 19.5 Å². The van der Waals surface area contributed by atoms with Crippen LogP contribution in [0, 0.1) is 0 Å². The zero-order valence-corrected chi connectivity index (χ0v) is 10.6. The van der Waals surface area contributed by atoms with Gasteiger partial charge >= 0.3 is 0 Å². The third-order valence-corrected chi connectivity index (χ3v) is 2.29. The van der Waals surface area contributed by atoms with Crippen molar-refractivity contribution >= 4 is 11.8 Å². The summed E-state index contributed by atoms with van der Waals surface area (Å²) in [5, 5.41) is 10.3. The van der Waals surface area contributed by atoms with Crippen molar-refractivity contribution in [2.75, 3.05) is 20.6 Å². The van der Waals surface area contributed by atoms with Crippen molar-refractivity contribution in [3.63, 3.8) is 0 Å². The van der Waals surface area contributed by atoms with Crippen LogP contribution in [0.15, 0.2) is 6.20 Å². The fraction of sp³-hybridized carbons (Fsp3) is 0.600. The first kappa shape index (κ1) is 14.1. The van der Waals surface area contributed by atoms with Crippen LogP contribution in [-0.2, 0) is 22.7 Å². The lowest BCUT2D eigenvalue weighted by Crippen LogP contribution is -2.29. The molecule has 1 aromatic rings. The smallest absolute Gasteiger partial charge is 0.234 e. The molecule has 0 aliphatic heterocycles. The number of rotatable bonds is 6. The molecule has 1 aromatic heterocycles. The minimum atomic E-state index is -0.243.